The third-order valence-electron chi connectivity index (χ3n) is 5.39. The Hall–Kier alpha value is -2.38. The zero-order valence-corrected chi connectivity index (χ0v) is 18.5. The van der Waals surface area contributed by atoms with Crippen molar-refractivity contribution in [2.45, 2.75) is 44.8 Å². The van der Waals surface area contributed by atoms with Crippen LogP contribution in [0.25, 0.3) is 0 Å². The number of likely N-dealkylation sites (tertiary alicyclic amines) is 1. The summed E-state index contributed by atoms with van der Waals surface area (Å²) in [5, 5.41) is 2.01. The van der Waals surface area contributed by atoms with Crippen LogP contribution in [0.15, 0.2) is 41.8 Å². The van der Waals surface area contributed by atoms with Crippen molar-refractivity contribution in [1.82, 2.24) is 9.80 Å². The Kier molecular flexibility index (Phi) is 8.28. The number of hydrogen-bond donors (Lipinski definition) is 0. The molecule has 1 aromatic carbocycles. The molecule has 0 N–H and O–H groups in total. The number of benzene rings is 1. The molecule has 1 aromatic heterocycles. The van der Waals surface area contributed by atoms with Crippen molar-refractivity contribution in [2.75, 3.05) is 27.4 Å². The monoisotopic (exact) mass is 430 g/mol. The van der Waals surface area contributed by atoms with Crippen LogP contribution >= 0.6 is 11.3 Å². The standard InChI is InChI=1S/C23H30N2O4S/c1-28-13-12-24(17-20-9-6-14-30-20)23(27)21-10-3-4-11-22(26)25(21)16-18-7-5-8-19(15-18)29-2/h5-9,14-15,21H,3-4,10-13,16-17H2,1-2H3. The van der Waals surface area contributed by atoms with Crippen molar-refractivity contribution < 1.29 is 19.1 Å². The molecule has 1 aliphatic heterocycles. The van der Waals surface area contributed by atoms with Gasteiger partial charge in [0.25, 0.3) is 0 Å². The molecule has 0 aliphatic carbocycles. The summed E-state index contributed by atoms with van der Waals surface area (Å²) in [5.41, 5.74) is 0.962. The summed E-state index contributed by atoms with van der Waals surface area (Å²) < 4.78 is 10.6. The van der Waals surface area contributed by atoms with E-state index in [0.29, 0.717) is 39.1 Å². The van der Waals surface area contributed by atoms with Gasteiger partial charge in [-0.15, -0.1) is 11.3 Å². The summed E-state index contributed by atoms with van der Waals surface area (Å²) in [5.74, 6) is 0.784. The molecule has 2 heterocycles. The van der Waals surface area contributed by atoms with Gasteiger partial charge in [-0.3, -0.25) is 9.59 Å². The number of nitrogens with zero attached hydrogens (tertiary/aromatic N) is 2. The minimum absolute atomic E-state index is 0.00130. The maximum atomic E-state index is 13.6. The highest BCUT2D eigenvalue weighted by Crippen LogP contribution is 2.24. The molecule has 162 valence electrons. The van der Waals surface area contributed by atoms with Gasteiger partial charge in [0.15, 0.2) is 0 Å². The van der Waals surface area contributed by atoms with Crippen molar-refractivity contribution >= 4 is 23.2 Å². The Labute approximate surface area is 182 Å². The predicted octanol–water partition coefficient (Wildman–Crippen LogP) is 3.70. The van der Waals surface area contributed by atoms with Crippen LogP contribution in [0.3, 0.4) is 0 Å². The molecule has 0 radical (unpaired) electrons. The maximum Gasteiger partial charge on any atom is 0.245 e. The fourth-order valence-electron chi connectivity index (χ4n) is 3.78. The first-order chi connectivity index (χ1) is 14.6. The van der Waals surface area contributed by atoms with Gasteiger partial charge in [0.05, 0.1) is 20.3 Å². The molecule has 0 bridgehead atoms. The van der Waals surface area contributed by atoms with Crippen molar-refractivity contribution in [3.05, 3.63) is 52.2 Å². The molecule has 1 fully saturated rings. The summed E-state index contributed by atoms with van der Waals surface area (Å²) >= 11 is 1.63. The van der Waals surface area contributed by atoms with Gasteiger partial charge in [0, 0.05) is 31.5 Å². The van der Waals surface area contributed by atoms with Crippen LogP contribution in [0.4, 0.5) is 0 Å². The molecule has 1 unspecified atom stereocenters. The number of ether oxygens (including phenoxy) is 2. The van der Waals surface area contributed by atoms with Crippen molar-refractivity contribution in [3.63, 3.8) is 0 Å². The molecule has 3 rings (SSSR count). The Balaban J connectivity index is 1.83. The summed E-state index contributed by atoms with van der Waals surface area (Å²) in [7, 11) is 3.26. The number of thiophene rings is 1. The first-order valence-corrected chi connectivity index (χ1v) is 11.2. The van der Waals surface area contributed by atoms with Crippen LogP contribution in [0, 0.1) is 0 Å². The van der Waals surface area contributed by atoms with Crippen LogP contribution in [0.1, 0.15) is 36.1 Å². The minimum atomic E-state index is -0.456. The third-order valence-corrected chi connectivity index (χ3v) is 6.25. The number of amides is 2. The van der Waals surface area contributed by atoms with E-state index in [1.54, 1.807) is 30.5 Å². The number of rotatable bonds is 9. The number of methoxy groups -OCH3 is 2. The van der Waals surface area contributed by atoms with Gasteiger partial charge < -0.3 is 19.3 Å². The fourth-order valence-corrected chi connectivity index (χ4v) is 4.50. The Morgan fingerprint density at radius 2 is 2.10 bits per heavy atom. The highest BCUT2D eigenvalue weighted by Gasteiger charge is 2.34. The van der Waals surface area contributed by atoms with Crippen LogP contribution in [-0.2, 0) is 27.4 Å². The molecule has 1 aliphatic rings. The number of hydrogen-bond acceptors (Lipinski definition) is 5. The first kappa shape index (κ1) is 22.3. The largest absolute Gasteiger partial charge is 0.497 e. The first-order valence-electron chi connectivity index (χ1n) is 10.3. The lowest BCUT2D eigenvalue weighted by Gasteiger charge is -2.34. The Bertz CT molecular complexity index is 824. The summed E-state index contributed by atoms with van der Waals surface area (Å²) in [6, 6.07) is 11.2. The van der Waals surface area contributed by atoms with Crippen LogP contribution in [0.5, 0.6) is 5.75 Å². The van der Waals surface area contributed by atoms with Crippen LogP contribution < -0.4 is 4.74 Å². The van der Waals surface area contributed by atoms with E-state index in [2.05, 4.69) is 0 Å². The molecule has 6 nitrogen and oxygen atoms in total. The van der Waals surface area contributed by atoms with E-state index >= 15 is 0 Å². The molecule has 0 saturated carbocycles. The lowest BCUT2D eigenvalue weighted by molar-refractivity contribution is -0.146. The molecule has 1 saturated heterocycles. The topological polar surface area (TPSA) is 59.1 Å². The summed E-state index contributed by atoms with van der Waals surface area (Å²) in [6.45, 7) is 1.92. The van der Waals surface area contributed by atoms with Crippen molar-refractivity contribution in [1.29, 1.82) is 0 Å². The lowest BCUT2D eigenvalue weighted by atomic mass is 10.1. The van der Waals surface area contributed by atoms with Crippen LogP contribution in [0.2, 0.25) is 0 Å². The number of carbonyl (C=O) groups excluding carboxylic acids is 2. The van der Waals surface area contributed by atoms with Crippen molar-refractivity contribution in [3.8, 4) is 5.75 Å². The zero-order valence-electron chi connectivity index (χ0n) is 17.7. The maximum absolute atomic E-state index is 13.6. The van der Waals surface area contributed by atoms with E-state index in [4.69, 9.17) is 9.47 Å². The van der Waals surface area contributed by atoms with Gasteiger partial charge in [-0.1, -0.05) is 24.6 Å². The predicted molar refractivity (Wildman–Crippen MR) is 117 cm³/mol. The van der Waals surface area contributed by atoms with E-state index < -0.39 is 6.04 Å². The quantitative estimate of drug-likeness (QED) is 0.609. The molecule has 2 aromatic rings. The number of carbonyl (C=O) groups is 2. The van der Waals surface area contributed by atoms with E-state index in [9.17, 15) is 9.59 Å². The highest BCUT2D eigenvalue weighted by molar-refractivity contribution is 7.09. The van der Waals surface area contributed by atoms with Gasteiger partial charge in [-0.25, -0.2) is 0 Å². The SMILES string of the molecule is COCCN(Cc1cccs1)C(=O)C1CCCCC(=O)N1Cc1cccc(OC)c1. The van der Waals surface area contributed by atoms with E-state index in [0.717, 1.165) is 29.0 Å². The second-order valence-corrected chi connectivity index (χ2v) is 8.50. The molecule has 2 amide bonds. The van der Waals surface area contributed by atoms with E-state index in [1.165, 1.54) is 0 Å². The van der Waals surface area contributed by atoms with Gasteiger partial charge in [-0.2, -0.15) is 0 Å². The fraction of sp³-hybridized carbons (Fsp3) is 0.478. The van der Waals surface area contributed by atoms with Crippen LogP contribution in [-0.4, -0.2) is 55.0 Å². The molecular weight excluding hydrogens is 400 g/mol. The van der Waals surface area contributed by atoms with Gasteiger partial charge in [-0.05, 0) is 42.0 Å². The average molecular weight is 431 g/mol. The van der Waals surface area contributed by atoms with E-state index in [-0.39, 0.29) is 11.8 Å². The van der Waals surface area contributed by atoms with Gasteiger partial charge >= 0.3 is 0 Å². The lowest BCUT2D eigenvalue weighted by Crippen LogP contribution is -2.50. The second kappa shape index (κ2) is 11.1. The Morgan fingerprint density at radius 1 is 1.23 bits per heavy atom. The molecule has 7 heteroatoms. The average Bonchev–Trinajstić information content (AvgIpc) is 3.21. The molecule has 0 spiro atoms. The molecule has 1 atom stereocenters. The summed E-state index contributed by atoms with van der Waals surface area (Å²) in [6.07, 6.45) is 2.85. The summed E-state index contributed by atoms with van der Waals surface area (Å²) in [4.78, 5) is 31.3. The van der Waals surface area contributed by atoms with Gasteiger partial charge in [0.1, 0.15) is 11.8 Å². The van der Waals surface area contributed by atoms with Crippen molar-refractivity contribution in [2.24, 2.45) is 0 Å². The highest BCUT2D eigenvalue weighted by atomic mass is 32.1. The normalized spacial score (nSPS) is 16.9. The minimum Gasteiger partial charge on any atom is -0.497 e. The zero-order chi connectivity index (χ0) is 21.3. The second-order valence-electron chi connectivity index (χ2n) is 7.47. The smallest absolute Gasteiger partial charge is 0.245 e. The third kappa shape index (κ3) is 5.83. The Morgan fingerprint density at radius 3 is 2.83 bits per heavy atom. The van der Waals surface area contributed by atoms with E-state index in [1.807, 2.05) is 46.7 Å². The molecular formula is C23H30N2O4S. The van der Waals surface area contributed by atoms with Gasteiger partial charge in [0.2, 0.25) is 11.8 Å². The molecule has 30 heavy (non-hydrogen) atoms.